The first kappa shape index (κ1) is 14.4. The third-order valence-corrected chi connectivity index (χ3v) is 3.17. The second-order valence-electron chi connectivity index (χ2n) is 4.32. The van der Waals surface area contributed by atoms with E-state index in [0.717, 1.165) is 17.8 Å². The third-order valence-electron chi connectivity index (χ3n) is 2.87. The molecule has 0 spiro atoms. The smallest absolute Gasteiger partial charge is 0.256 e. The summed E-state index contributed by atoms with van der Waals surface area (Å²) in [6, 6.07) is 4.87. The van der Waals surface area contributed by atoms with E-state index in [9.17, 15) is 9.18 Å². The monoisotopic (exact) mass is 293 g/mol. The molecule has 2 aromatic heterocycles. The third kappa shape index (κ3) is 3.51. The van der Waals surface area contributed by atoms with Crippen molar-refractivity contribution in [1.29, 1.82) is 0 Å². The quantitative estimate of drug-likeness (QED) is 0.814. The van der Waals surface area contributed by atoms with Gasteiger partial charge in [0, 0.05) is 26.0 Å². The number of pyridine rings is 2. The molecule has 20 heavy (non-hydrogen) atoms. The molecule has 104 valence electrons. The van der Waals surface area contributed by atoms with Crippen LogP contribution >= 0.6 is 11.6 Å². The van der Waals surface area contributed by atoms with E-state index in [2.05, 4.69) is 9.97 Å². The Balaban J connectivity index is 2.03. The van der Waals surface area contributed by atoms with Crippen LogP contribution in [0.5, 0.6) is 0 Å². The van der Waals surface area contributed by atoms with Gasteiger partial charge in [0.1, 0.15) is 11.0 Å². The molecule has 0 atom stereocenters. The van der Waals surface area contributed by atoms with E-state index < -0.39 is 5.82 Å². The molecule has 0 fully saturated rings. The molecule has 6 heteroatoms. The normalized spacial score (nSPS) is 10.3. The van der Waals surface area contributed by atoms with Gasteiger partial charge in [-0.2, -0.15) is 0 Å². The van der Waals surface area contributed by atoms with E-state index in [1.807, 2.05) is 12.1 Å². The first-order chi connectivity index (χ1) is 9.58. The van der Waals surface area contributed by atoms with Gasteiger partial charge in [0.2, 0.25) is 0 Å². The second kappa shape index (κ2) is 6.43. The van der Waals surface area contributed by atoms with E-state index in [1.54, 1.807) is 19.4 Å². The predicted molar refractivity (Wildman–Crippen MR) is 74.1 cm³/mol. The highest BCUT2D eigenvalue weighted by atomic mass is 35.5. The molecule has 0 saturated heterocycles. The van der Waals surface area contributed by atoms with Crippen LogP contribution in [0.4, 0.5) is 4.39 Å². The average Bonchev–Trinajstić information content (AvgIpc) is 2.47. The zero-order valence-corrected chi connectivity index (χ0v) is 11.6. The zero-order valence-electron chi connectivity index (χ0n) is 10.9. The summed E-state index contributed by atoms with van der Waals surface area (Å²) in [6.45, 7) is 0.496. The standard InChI is InChI=1S/C14H13ClFN3O/c1-19(7-4-10-2-5-17-6-3-10)14(20)12-8-11(16)9-18-13(12)15/h2-3,5-6,8-9H,4,7H2,1H3. The van der Waals surface area contributed by atoms with E-state index in [1.165, 1.54) is 4.90 Å². The maximum Gasteiger partial charge on any atom is 0.256 e. The predicted octanol–water partition coefficient (Wildman–Crippen LogP) is 2.58. The van der Waals surface area contributed by atoms with Crippen molar-refractivity contribution in [3.63, 3.8) is 0 Å². The number of likely N-dealkylation sites (N-methyl/N-ethyl adjacent to an activating group) is 1. The summed E-state index contributed by atoms with van der Waals surface area (Å²) >= 11 is 5.82. The number of hydrogen-bond donors (Lipinski definition) is 0. The van der Waals surface area contributed by atoms with Gasteiger partial charge < -0.3 is 4.90 Å². The molecule has 0 unspecified atom stereocenters. The highest BCUT2D eigenvalue weighted by Crippen LogP contribution is 2.15. The minimum atomic E-state index is -0.583. The van der Waals surface area contributed by atoms with Gasteiger partial charge in [-0.15, -0.1) is 0 Å². The van der Waals surface area contributed by atoms with Gasteiger partial charge in [0.15, 0.2) is 0 Å². The van der Waals surface area contributed by atoms with Crippen LogP contribution in [0.1, 0.15) is 15.9 Å². The first-order valence-electron chi connectivity index (χ1n) is 6.03. The molecule has 2 aromatic rings. The number of hydrogen-bond acceptors (Lipinski definition) is 3. The van der Waals surface area contributed by atoms with E-state index in [4.69, 9.17) is 11.6 Å². The molecule has 0 bridgehead atoms. The Hall–Kier alpha value is -2.01. The van der Waals surface area contributed by atoms with Crippen LogP contribution in [0.3, 0.4) is 0 Å². The summed E-state index contributed by atoms with van der Waals surface area (Å²) in [5, 5.41) is 0.00663. The summed E-state index contributed by atoms with van der Waals surface area (Å²) in [4.78, 5) is 21.2. The second-order valence-corrected chi connectivity index (χ2v) is 4.68. The summed E-state index contributed by atoms with van der Waals surface area (Å²) < 4.78 is 13.1. The fourth-order valence-corrected chi connectivity index (χ4v) is 1.91. The molecule has 0 aromatic carbocycles. The Morgan fingerprint density at radius 2 is 2.10 bits per heavy atom. The van der Waals surface area contributed by atoms with E-state index in [0.29, 0.717) is 13.0 Å². The van der Waals surface area contributed by atoms with E-state index >= 15 is 0 Å². The number of carbonyl (C=O) groups excluding carboxylic acids is 1. The van der Waals surface area contributed by atoms with Gasteiger partial charge in [0.05, 0.1) is 11.8 Å². The van der Waals surface area contributed by atoms with Crippen LogP contribution < -0.4 is 0 Å². The highest BCUT2D eigenvalue weighted by Gasteiger charge is 2.16. The zero-order chi connectivity index (χ0) is 14.5. The maximum absolute atomic E-state index is 13.1. The van der Waals surface area contributed by atoms with Crippen molar-refractivity contribution in [1.82, 2.24) is 14.9 Å². The molecule has 0 N–H and O–H groups in total. The van der Waals surface area contributed by atoms with Gasteiger partial charge in [-0.1, -0.05) is 11.6 Å². The Bertz CT molecular complexity index is 607. The molecule has 2 heterocycles. The maximum atomic E-state index is 13.1. The SMILES string of the molecule is CN(CCc1ccncc1)C(=O)c1cc(F)cnc1Cl. The average molecular weight is 294 g/mol. The Morgan fingerprint density at radius 1 is 1.40 bits per heavy atom. The molecule has 0 radical (unpaired) electrons. The van der Waals surface area contributed by atoms with Crippen molar-refractivity contribution < 1.29 is 9.18 Å². The van der Waals surface area contributed by atoms with Gasteiger partial charge in [-0.05, 0) is 30.2 Å². The van der Waals surface area contributed by atoms with E-state index in [-0.39, 0.29) is 16.6 Å². The Morgan fingerprint density at radius 3 is 2.80 bits per heavy atom. The van der Waals surface area contributed by atoms with Crippen molar-refractivity contribution in [3.05, 3.63) is 58.9 Å². The molecule has 0 saturated carbocycles. The van der Waals surface area contributed by atoms with Crippen LogP contribution in [0.2, 0.25) is 5.15 Å². The van der Waals surface area contributed by atoms with Crippen molar-refractivity contribution in [3.8, 4) is 0 Å². The molecule has 2 rings (SSSR count). The molecule has 4 nitrogen and oxygen atoms in total. The van der Waals surface area contributed by atoms with Crippen LogP contribution in [0.25, 0.3) is 0 Å². The topological polar surface area (TPSA) is 46.1 Å². The number of carbonyl (C=O) groups is 1. The summed E-state index contributed by atoms with van der Waals surface area (Å²) in [7, 11) is 1.64. The molecule has 1 amide bonds. The van der Waals surface area contributed by atoms with Gasteiger partial charge in [-0.25, -0.2) is 9.37 Å². The van der Waals surface area contributed by atoms with Crippen LogP contribution in [0.15, 0.2) is 36.8 Å². The van der Waals surface area contributed by atoms with Crippen LogP contribution in [-0.4, -0.2) is 34.4 Å². The highest BCUT2D eigenvalue weighted by molar-refractivity contribution is 6.32. The lowest BCUT2D eigenvalue weighted by atomic mass is 10.2. The fourth-order valence-electron chi connectivity index (χ4n) is 1.73. The summed E-state index contributed by atoms with van der Waals surface area (Å²) in [5.41, 5.74) is 1.15. The van der Waals surface area contributed by atoms with Crippen molar-refractivity contribution >= 4 is 17.5 Å². The van der Waals surface area contributed by atoms with Gasteiger partial charge in [0.25, 0.3) is 5.91 Å². The first-order valence-corrected chi connectivity index (χ1v) is 6.41. The number of aromatic nitrogens is 2. The molecular formula is C14H13ClFN3O. The van der Waals surface area contributed by atoms with Crippen molar-refractivity contribution in [2.75, 3.05) is 13.6 Å². The van der Waals surface area contributed by atoms with Crippen molar-refractivity contribution in [2.24, 2.45) is 0 Å². The van der Waals surface area contributed by atoms with Gasteiger partial charge in [-0.3, -0.25) is 9.78 Å². The number of rotatable bonds is 4. The minimum Gasteiger partial charge on any atom is -0.341 e. The van der Waals surface area contributed by atoms with Crippen molar-refractivity contribution in [2.45, 2.75) is 6.42 Å². The number of halogens is 2. The molecule has 0 aliphatic heterocycles. The Kier molecular flexibility index (Phi) is 4.63. The molecular weight excluding hydrogens is 281 g/mol. The summed E-state index contributed by atoms with van der Waals surface area (Å²) in [5.74, 6) is -0.934. The lowest BCUT2D eigenvalue weighted by Gasteiger charge is -2.17. The fraction of sp³-hybridized carbons (Fsp3) is 0.214. The lowest BCUT2D eigenvalue weighted by molar-refractivity contribution is 0.0796. The number of amides is 1. The number of nitrogens with zero attached hydrogens (tertiary/aromatic N) is 3. The lowest BCUT2D eigenvalue weighted by Crippen LogP contribution is -2.29. The minimum absolute atomic E-state index is 0.00663. The van der Waals surface area contributed by atoms with Crippen LogP contribution in [0, 0.1) is 5.82 Å². The molecule has 0 aliphatic carbocycles. The largest absolute Gasteiger partial charge is 0.341 e. The molecule has 0 aliphatic rings. The van der Waals surface area contributed by atoms with Gasteiger partial charge >= 0.3 is 0 Å². The Labute approximate surface area is 121 Å². The van der Waals surface area contributed by atoms with Crippen LogP contribution in [-0.2, 0) is 6.42 Å². The summed E-state index contributed by atoms with van der Waals surface area (Å²) in [6.07, 6.45) is 5.07.